The van der Waals surface area contributed by atoms with Crippen molar-refractivity contribution < 1.29 is 19.4 Å². The highest BCUT2D eigenvalue weighted by Crippen LogP contribution is 2.31. The van der Waals surface area contributed by atoms with Crippen LogP contribution in [0.1, 0.15) is 28.8 Å². The topological polar surface area (TPSA) is 78.9 Å². The summed E-state index contributed by atoms with van der Waals surface area (Å²) in [6, 6.07) is 7.23. The van der Waals surface area contributed by atoms with Crippen molar-refractivity contribution in [3.8, 4) is 0 Å². The highest BCUT2D eigenvalue weighted by atomic mass is 16.5. The molecule has 1 aliphatic heterocycles. The molecular formula is C16H22N2O4. The molecule has 0 aromatic heterocycles. The number of likely N-dealkylation sites (tertiary alicyclic amines) is 1. The molecule has 0 spiro atoms. The van der Waals surface area contributed by atoms with Crippen LogP contribution in [0, 0.1) is 0 Å². The highest BCUT2D eigenvalue weighted by molar-refractivity contribution is 5.93. The molecule has 6 nitrogen and oxygen atoms in total. The molecule has 1 aromatic carbocycles. The molecule has 1 fully saturated rings. The zero-order valence-corrected chi connectivity index (χ0v) is 13.0. The number of ether oxygens (including phenoxy) is 1. The molecule has 2 rings (SSSR count). The summed E-state index contributed by atoms with van der Waals surface area (Å²) < 4.78 is 5.15. The van der Waals surface area contributed by atoms with Crippen molar-refractivity contribution in [3.63, 3.8) is 0 Å². The van der Waals surface area contributed by atoms with Gasteiger partial charge in [0.1, 0.15) is 5.54 Å². The summed E-state index contributed by atoms with van der Waals surface area (Å²) in [6.07, 6.45) is 1.43. The first-order valence-electron chi connectivity index (χ1n) is 7.32. The Morgan fingerprint density at radius 2 is 2.05 bits per heavy atom. The molecule has 1 amide bonds. The van der Waals surface area contributed by atoms with Gasteiger partial charge in [-0.2, -0.15) is 0 Å². The van der Waals surface area contributed by atoms with Gasteiger partial charge >= 0.3 is 5.97 Å². The number of hydrogen-bond donors (Lipinski definition) is 2. The largest absolute Gasteiger partial charge is 0.480 e. The maximum absolute atomic E-state index is 11.7. The lowest BCUT2D eigenvalue weighted by molar-refractivity contribution is -0.153. The van der Waals surface area contributed by atoms with Gasteiger partial charge in [0.2, 0.25) is 0 Å². The highest BCUT2D eigenvalue weighted by Gasteiger charge is 2.47. The van der Waals surface area contributed by atoms with Crippen molar-refractivity contribution in [2.24, 2.45) is 0 Å². The molecule has 0 bridgehead atoms. The average Bonchev–Trinajstić information content (AvgIpc) is 2.91. The van der Waals surface area contributed by atoms with Gasteiger partial charge < -0.3 is 15.2 Å². The number of nitrogens with one attached hydrogen (secondary N) is 1. The number of carboxylic acid groups (broad SMARTS) is 1. The first-order valence-corrected chi connectivity index (χ1v) is 7.32. The number of rotatable bonds is 6. The third-order valence-corrected chi connectivity index (χ3v) is 4.22. The molecule has 1 saturated heterocycles. The fourth-order valence-corrected chi connectivity index (χ4v) is 3.00. The van der Waals surface area contributed by atoms with Crippen molar-refractivity contribution in [3.05, 3.63) is 35.4 Å². The fraction of sp³-hybridized carbons (Fsp3) is 0.500. The third-order valence-electron chi connectivity index (χ3n) is 4.22. The van der Waals surface area contributed by atoms with Gasteiger partial charge in [0, 0.05) is 26.3 Å². The standard InChI is InChI=1S/C16H22N2O4/c1-17-14(19)13-6-4-12(5-7-13)10-18-9-3-8-16(18,11-22-2)15(20)21/h4-7H,3,8-11H2,1-2H3,(H,17,19)(H,20,21). The van der Waals surface area contributed by atoms with Gasteiger partial charge in [-0.1, -0.05) is 12.1 Å². The molecule has 120 valence electrons. The molecule has 1 atom stereocenters. The molecule has 1 heterocycles. The van der Waals surface area contributed by atoms with E-state index in [1.165, 1.54) is 7.11 Å². The van der Waals surface area contributed by atoms with Crippen molar-refractivity contribution in [2.75, 3.05) is 27.3 Å². The van der Waals surface area contributed by atoms with E-state index in [-0.39, 0.29) is 12.5 Å². The maximum atomic E-state index is 11.7. The Labute approximate surface area is 130 Å². The quantitative estimate of drug-likeness (QED) is 0.823. The molecule has 2 N–H and O–H groups in total. The number of carbonyl (C=O) groups is 2. The Balaban J connectivity index is 2.15. The normalized spacial score (nSPS) is 21.7. The van der Waals surface area contributed by atoms with Crippen molar-refractivity contribution >= 4 is 11.9 Å². The fourth-order valence-electron chi connectivity index (χ4n) is 3.00. The van der Waals surface area contributed by atoms with Crippen LogP contribution in [0.15, 0.2) is 24.3 Å². The molecule has 22 heavy (non-hydrogen) atoms. The Morgan fingerprint density at radius 1 is 1.36 bits per heavy atom. The molecule has 1 unspecified atom stereocenters. The summed E-state index contributed by atoms with van der Waals surface area (Å²) in [5, 5.41) is 12.2. The summed E-state index contributed by atoms with van der Waals surface area (Å²) in [7, 11) is 3.12. The molecular weight excluding hydrogens is 284 g/mol. The second-order valence-corrected chi connectivity index (χ2v) is 5.57. The van der Waals surface area contributed by atoms with E-state index in [9.17, 15) is 14.7 Å². The van der Waals surface area contributed by atoms with Crippen LogP contribution in [-0.2, 0) is 16.1 Å². The van der Waals surface area contributed by atoms with Gasteiger partial charge in [0.05, 0.1) is 6.61 Å². The zero-order chi connectivity index (χ0) is 16.2. The third kappa shape index (κ3) is 3.13. The van der Waals surface area contributed by atoms with E-state index in [2.05, 4.69) is 5.32 Å². The van der Waals surface area contributed by atoms with E-state index in [1.54, 1.807) is 19.2 Å². The van der Waals surface area contributed by atoms with E-state index >= 15 is 0 Å². The predicted molar refractivity (Wildman–Crippen MR) is 81.7 cm³/mol. The SMILES string of the molecule is CNC(=O)c1ccc(CN2CCCC2(COC)C(=O)O)cc1. The van der Waals surface area contributed by atoms with Gasteiger partial charge in [-0.15, -0.1) is 0 Å². The van der Waals surface area contributed by atoms with Gasteiger partial charge in [-0.3, -0.25) is 14.5 Å². The van der Waals surface area contributed by atoms with Crippen molar-refractivity contribution in [1.29, 1.82) is 0 Å². The first-order chi connectivity index (χ1) is 10.5. The van der Waals surface area contributed by atoms with Gasteiger partial charge in [0.15, 0.2) is 0 Å². The Bertz CT molecular complexity index is 544. The molecule has 1 aliphatic rings. The molecule has 0 saturated carbocycles. The molecule has 6 heteroatoms. The van der Waals surface area contributed by atoms with Crippen LogP contribution < -0.4 is 5.32 Å². The predicted octanol–water partition coefficient (Wildman–Crippen LogP) is 1.11. The van der Waals surface area contributed by atoms with Crippen molar-refractivity contribution in [1.82, 2.24) is 10.2 Å². The number of methoxy groups -OCH3 is 1. The molecule has 1 aromatic rings. The number of amides is 1. The second-order valence-electron chi connectivity index (χ2n) is 5.57. The first kappa shape index (κ1) is 16.5. The number of benzene rings is 1. The smallest absolute Gasteiger partial charge is 0.326 e. The van der Waals surface area contributed by atoms with E-state index in [4.69, 9.17) is 4.74 Å². The number of nitrogens with zero attached hydrogens (tertiary/aromatic N) is 1. The van der Waals surface area contributed by atoms with E-state index in [1.807, 2.05) is 17.0 Å². The summed E-state index contributed by atoms with van der Waals surface area (Å²) in [6.45, 7) is 1.44. The Hall–Kier alpha value is -1.92. The van der Waals surface area contributed by atoms with Crippen LogP contribution in [0.4, 0.5) is 0 Å². The molecule has 0 radical (unpaired) electrons. The van der Waals surface area contributed by atoms with Crippen LogP contribution >= 0.6 is 0 Å². The van der Waals surface area contributed by atoms with E-state index in [0.717, 1.165) is 18.5 Å². The van der Waals surface area contributed by atoms with Crippen LogP contribution in [0.25, 0.3) is 0 Å². The number of carbonyl (C=O) groups excluding carboxylic acids is 1. The maximum Gasteiger partial charge on any atom is 0.326 e. The summed E-state index contributed by atoms with van der Waals surface area (Å²) in [5.41, 5.74) is 0.624. The minimum absolute atomic E-state index is 0.132. The number of aliphatic carboxylic acids is 1. The second kappa shape index (κ2) is 6.89. The lowest BCUT2D eigenvalue weighted by Gasteiger charge is -2.34. The van der Waals surface area contributed by atoms with E-state index in [0.29, 0.717) is 18.5 Å². The lowest BCUT2D eigenvalue weighted by Crippen LogP contribution is -2.53. The Kier molecular flexibility index (Phi) is 5.15. The van der Waals surface area contributed by atoms with E-state index < -0.39 is 11.5 Å². The monoisotopic (exact) mass is 306 g/mol. The summed E-state index contributed by atoms with van der Waals surface area (Å²) >= 11 is 0. The minimum Gasteiger partial charge on any atom is -0.480 e. The van der Waals surface area contributed by atoms with Gasteiger partial charge in [-0.25, -0.2) is 0 Å². The lowest BCUT2D eigenvalue weighted by atomic mass is 9.97. The van der Waals surface area contributed by atoms with Crippen LogP contribution in [0.3, 0.4) is 0 Å². The van der Waals surface area contributed by atoms with Crippen LogP contribution in [0.5, 0.6) is 0 Å². The average molecular weight is 306 g/mol. The van der Waals surface area contributed by atoms with Gasteiger partial charge in [0.25, 0.3) is 5.91 Å². The molecule has 0 aliphatic carbocycles. The number of carboxylic acids is 1. The minimum atomic E-state index is -0.950. The summed E-state index contributed by atoms with van der Waals surface area (Å²) in [4.78, 5) is 25.2. The summed E-state index contributed by atoms with van der Waals surface area (Å²) in [5.74, 6) is -0.971. The zero-order valence-electron chi connectivity index (χ0n) is 13.0. The number of hydrogen-bond acceptors (Lipinski definition) is 4. The van der Waals surface area contributed by atoms with Crippen LogP contribution in [-0.4, -0.2) is 54.7 Å². The Morgan fingerprint density at radius 3 is 2.59 bits per heavy atom. The van der Waals surface area contributed by atoms with Crippen LogP contribution in [0.2, 0.25) is 0 Å². The van der Waals surface area contributed by atoms with Gasteiger partial charge in [-0.05, 0) is 37.1 Å². The van der Waals surface area contributed by atoms with Crippen molar-refractivity contribution in [2.45, 2.75) is 24.9 Å².